The van der Waals surface area contributed by atoms with E-state index in [1.165, 1.54) is 0 Å². The highest BCUT2D eigenvalue weighted by Gasteiger charge is 2.21. The van der Waals surface area contributed by atoms with Crippen LogP contribution >= 0.6 is 0 Å². The van der Waals surface area contributed by atoms with Crippen molar-refractivity contribution in [2.75, 3.05) is 19.8 Å². The van der Waals surface area contributed by atoms with E-state index in [4.69, 9.17) is 4.74 Å². The summed E-state index contributed by atoms with van der Waals surface area (Å²) in [6, 6.07) is 3.78. The van der Waals surface area contributed by atoms with Gasteiger partial charge in [0, 0.05) is 12.1 Å². The van der Waals surface area contributed by atoms with Gasteiger partial charge < -0.3 is 10.1 Å². The van der Waals surface area contributed by atoms with Crippen LogP contribution in [0.15, 0.2) is 12.1 Å². The summed E-state index contributed by atoms with van der Waals surface area (Å²) in [4.78, 5) is 0. The van der Waals surface area contributed by atoms with Crippen molar-refractivity contribution in [2.24, 2.45) is 0 Å². The zero-order valence-electron chi connectivity index (χ0n) is 9.14. The van der Waals surface area contributed by atoms with Crippen molar-refractivity contribution in [1.29, 1.82) is 0 Å². The van der Waals surface area contributed by atoms with Crippen LogP contribution < -0.4 is 5.32 Å². The van der Waals surface area contributed by atoms with Gasteiger partial charge in [-0.2, -0.15) is 0 Å². The van der Waals surface area contributed by atoms with E-state index in [2.05, 4.69) is 5.32 Å². The van der Waals surface area contributed by atoms with Gasteiger partial charge in [0.25, 0.3) is 0 Å². The van der Waals surface area contributed by atoms with E-state index in [9.17, 15) is 4.39 Å². The summed E-state index contributed by atoms with van der Waals surface area (Å²) in [5, 5.41) is 3.28. The van der Waals surface area contributed by atoms with Crippen molar-refractivity contribution in [3.8, 4) is 0 Å². The average Bonchev–Trinajstić information content (AvgIpc) is 2.26. The van der Waals surface area contributed by atoms with Crippen molar-refractivity contribution < 1.29 is 9.13 Å². The molecule has 2 nitrogen and oxygen atoms in total. The Morgan fingerprint density at radius 2 is 2.07 bits per heavy atom. The minimum Gasteiger partial charge on any atom is -0.378 e. The standard InChI is InChI=1S/C12H16FNO/c1-8-3-4-9(2)12(13)11(8)10-7-15-6-5-14-10/h3-4,10,14H,5-7H2,1-2H3. The smallest absolute Gasteiger partial charge is 0.131 e. The van der Waals surface area contributed by atoms with Crippen LogP contribution in [-0.4, -0.2) is 19.8 Å². The van der Waals surface area contributed by atoms with E-state index in [0.717, 1.165) is 17.7 Å². The Morgan fingerprint density at radius 1 is 1.33 bits per heavy atom. The predicted octanol–water partition coefficient (Wildman–Crippen LogP) is 2.10. The average molecular weight is 209 g/mol. The van der Waals surface area contributed by atoms with E-state index < -0.39 is 0 Å². The van der Waals surface area contributed by atoms with Gasteiger partial charge in [0.15, 0.2) is 0 Å². The first-order valence-electron chi connectivity index (χ1n) is 5.27. The van der Waals surface area contributed by atoms with Gasteiger partial charge in [-0.05, 0) is 25.0 Å². The number of morpholine rings is 1. The number of rotatable bonds is 1. The molecule has 1 saturated heterocycles. The maximum absolute atomic E-state index is 14.0. The van der Waals surface area contributed by atoms with Crippen molar-refractivity contribution in [3.05, 3.63) is 34.6 Å². The van der Waals surface area contributed by atoms with Crippen LogP contribution in [0.1, 0.15) is 22.7 Å². The molecule has 82 valence electrons. The first-order chi connectivity index (χ1) is 7.20. The Kier molecular flexibility index (Phi) is 3.03. The van der Waals surface area contributed by atoms with E-state index in [-0.39, 0.29) is 11.9 Å². The molecule has 1 aliphatic heterocycles. The Morgan fingerprint density at radius 3 is 2.73 bits per heavy atom. The predicted molar refractivity (Wildman–Crippen MR) is 57.4 cm³/mol. The summed E-state index contributed by atoms with van der Waals surface area (Å²) in [6.45, 7) is 5.79. The van der Waals surface area contributed by atoms with Crippen LogP contribution in [0, 0.1) is 19.7 Å². The fourth-order valence-corrected chi connectivity index (χ4v) is 1.98. The van der Waals surface area contributed by atoms with Gasteiger partial charge >= 0.3 is 0 Å². The maximum Gasteiger partial charge on any atom is 0.131 e. The van der Waals surface area contributed by atoms with Crippen LogP contribution in [0.2, 0.25) is 0 Å². The van der Waals surface area contributed by atoms with E-state index in [1.807, 2.05) is 19.1 Å². The molecule has 1 unspecified atom stereocenters. The number of aryl methyl sites for hydroxylation is 2. The molecule has 1 aliphatic rings. The number of hydrogen-bond donors (Lipinski definition) is 1. The van der Waals surface area contributed by atoms with Gasteiger partial charge in [0.2, 0.25) is 0 Å². The topological polar surface area (TPSA) is 21.3 Å². The van der Waals surface area contributed by atoms with Gasteiger partial charge in [0.1, 0.15) is 5.82 Å². The highest BCUT2D eigenvalue weighted by molar-refractivity contribution is 5.35. The first kappa shape index (κ1) is 10.6. The summed E-state index contributed by atoms with van der Waals surface area (Å²) < 4.78 is 19.3. The van der Waals surface area contributed by atoms with Crippen molar-refractivity contribution in [3.63, 3.8) is 0 Å². The number of benzene rings is 1. The Balaban J connectivity index is 2.36. The number of nitrogens with one attached hydrogen (secondary N) is 1. The minimum atomic E-state index is -0.0991. The summed E-state index contributed by atoms with van der Waals surface area (Å²) in [5.41, 5.74) is 2.44. The third kappa shape index (κ3) is 2.03. The molecule has 0 aromatic heterocycles. The molecule has 0 spiro atoms. The molecule has 1 fully saturated rings. The molecule has 0 saturated carbocycles. The third-order valence-electron chi connectivity index (χ3n) is 2.86. The highest BCUT2D eigenvalue weighted by atomic mass is 19.1. The van der Waals surface area contributed by atoms with E-state index >= 15 is 0 Å². The van der Waals surface area contributed by atoms with Crippen molar-refractivity contribution in [1.82, 2.24) is 5.32 Å². The summed E-state index contributed by atoms with van der Waals surface area (Å²) >= 11 is 0. The molecular formula is C12H16FNO. The largest absolute Gasteiger partial charge is 0.378 e. The molecule has 2 rings (SSSR count). The van der Waals surface area contributed by atoms with Crippen LogP contribution in [0.5, 0.6) is 0 Å². The Hall–Kier alpha value is -0.930. The molecule has 3 heteroatoms. The van der Waals surface area contributed by atoms with Gasteiger partial charge in [-0.15, -0.1) is 0 Å². The quantitative estimate of drug-likeness (QED) is 0.764. The molecule has 1 atom stereocenters. The lowest BCUT2D eigenvalue weighted by Gasteiger charge is -2.26. The molecular weight excluding hydrogens is 193 g/mol. The lowest BCUT2D eigenvalue weighted by Crippen LogP contribution is -2.35. The minimum absolute atomic E-state index is 0.00125. The van der Waals surface area contributed by atoms with E-state index in [0.29, 0.717) is 18.8 Å². The van der Waals surface area contributed by atoms with E-state index in [1.54, 1.807) is 6.92 Å². The Labute approximate surface area is 89.4 Å². The molecule has 1 aromatic carbocycles. The van der Waals surface area contributed by atoms with Crippen LogP contribution in [0.4, 0.5) is 4.39 Å². The van der Waals surface area contributed by atoms with Gasteiger partial charge in [-0.1, -0.05) is 12.1 Å². The number of halogens is 1. The van der Waals surface area contributed by atoms with Crippen LogP contribution in [0.3, 0.4) is 0 Å². The molecule has 0 amide bonds. The maximum atomic E-state index is 14.0. The number of ether oxygens (including phenoxy) is 1. The second-order valence-electron chi connectivity index (χ2n) is 4.01. The van der Waals surface area contributed by atoms with Crippen molar-refractivity contribution in [2.45, 2.75) is 19.9 Å². The second-order valence-corrected chi connectivity index (χ2v) is 4.01. The summed E-state index contributed by atoms with van der Waals surface area (Å²) in [7, 11) is 0. The molecule has 1 N–H and O–H groups in total. The SMILES string of the molecule is Cc1ccc(C)c(C2COCCN2)c1F. The lowest BCUT2D eigenvalue weighted by molar-refractivity contribution is 0.0755. The molecule has 1 aromatic rings. The normalized spacial score (nSPS) is 21.7. The van der Waals surface area contributed by atoms with Crippen LogP contribution in [-0.2, 0) is 4.74 Å². The third-order valence-corrected chi connectivity index (χ3v) is 2.86. The van der Waals surface area contributed by atoms with Gasteiger partial charge in [0.05, 0.1) is 19.3 Å². The Bertz CT molecular complexity index is 359. The monoisotopic (exact) mass is 209 g/mol. The summed E-state index contributed by atoms with van der Waals surface area (Å²) in [5.74, 6) is -0.0991. The van der Waals surface area contributed by atoms with Gasteiger partial charge in [-0.25, -0.2) is 4.39 Å². The first-order valence-corrected chi connectivity index (χ1v) is 5.27. The van der Waals surface area contributed by atoms with Crippen molar-refractivity contribution >= 4 is 0 Å². The zero-order chi connectivity index (χ0) is 10.8. The molecule has 15 heavy (non-hydrogen) atoms. The second kappa shape index (κ2) is 4.29. The zero-order valence-corrected chi connectivity index (χ0v) is 9.14. The molecule has 1 heterocycles. The van der Waals surface area contributed by atoms with Gasteiger partial charge in [-0.3, -0.25) is 0 Å². The fraction of sp³-hybridized carbons (Fsp3) is 0.500. The number of hydrogen-bond acceptors (Lipinski definition) is 2. The molecule has 0 bridgehead atoms. The molecule has 0 aliphatic carbocycles. The highest BCUT2D eigenvalue weighted by Crippen LogP contribution is 2.25. The fourth-order valence-electron chi connectivity index (χ4n) is 1.98. The molecule has 0 radical (unpaired) electrons. The summed E-state index contributed by atoms with van der Waals surface area (Å²) in [6.07, 6.45) is 0. The lowest BCUT2D eigenvalue weighted by atomic mass is 9.98. The van der Waals surface area contributed by atoms with Crippen LogP contribution in [0.25, 0.3) is 0 Å².